The normalized spacial score (nSPS) is 13.6. The van der Waals surface area contributed by atoms with Crippen molar-refractivity contribution in [2.24, 2.45) is 0 Å². The van der Waals surface area contributed by atoms with Gasteiger partial charge in [-0.2, -0.15) is 0 Å². The summed E-state index contributed by atoms with van der Waals surface area (Å²) >= 11 is 0. The highest BCUT2D eigenvalue weighted by Gasteiger charge is 2.11. The van der Waals surface area contributed by atoms with Crippen LogP contribution < -0.4 is 0 Å². The molecule has 1 aromatic rings. The highest BCUT2D eigenvalue weighted by molar-refractivity contribution is 7.91. The zero-order valence-corrected chi connectivity index (χ0v) is 10.2. The molecule has 0 aromatic carbocycles. The van der Waals surface area contributed by atoms with Crippen molar-refractivity contribution in [3.05, 3.63) is 30.1 Å². The summed E-state index contributed by atoms with van der Waals surface area (Å²) in [6, 6.07) is 3.54. The van der Waals surface area contributed by atoms with Crippen molar-refractivity contribution in [2.45, 2.75) is 25.9 Å². The molecule has 0 aliphatic heterocycles. The van der Waals surface area contributed by atoms with E-state index in [1.165, 1.54) is 0 Å². The predicted molar refractivity (Wildman–Crippen MR) is 62.8 cm³/mol. The van der Waals surface area contributed by atoms with Crippen molar-refractivity contribution in [1.29, 1.82) is 0 Å². The molecule has 0 saturated heterocycles. The van der Waals surface area contributed by atoms with Crippen molar-refractivity contribution in [3.63, 3.8) is 0 Å². The second kappa shape index (κ2) is 5.96. The van der Waals surface area contributed by atoms with Gasteiger partial charge in [0, 0.05) is 18.1 Å². The molecule has 0 aliphatic rings. The number of hydrogen-bond donors (Lipinski definition) is 1. The topological polar surface area (TPSA) is 67.3 Å². The second-order valence-corrected chi connectivity index (χ2v) is 6.15. The average Bonchev–Trinajstić information content (AvgIpc) is 2.30. The fourth-order valence-corrected chi connectivity index (χ4v) is 2.28. The van der Waals surface area contributed by atoms with E-state index < -0.39 is 15.9 Å². The van der Waals surface area contributed by atoms with Crippen LogP contribution in [0.15, 0.2) is 24.5 Å². The average molecular weight is 243 g/mol. The monoisotopic (exact) mass is 243 g/mol. The number of aliphatic hydroxyl groups excluding tert-OH is 1. The smallest absolute Gasteiger partial charge is 0.150 e. The number of pyridine rings is 1. The van der Waals surface area contributed by atoms with E-state index in [2.05, 4.69) is 4.98 Å². The van der Waals surface area contributed by atoms with Crippen molar-refractivity contribution in [2.75, 3.05) is 11.5 Å². The summed E-state index contributed by atoms with van der Waals surface area (Å²) < 4.78 is 22.4. The van der Waals surface area contributed by atoms with Crippen LogP contribution in [0.5, 0.6) is 0 Å². The quantitative estimate of drug-likeness (QED) is 0.818. The van der Waals surface area contributed by atoms with Gasteiger partial charge in [-0.1, -0.05) is 13.0 Å². The first-order valence-electron chi connectivity index (χ1n) is 5.33. The summed E-state index contributed by atoms with van der Waals surface area (Å²) in [6.07, 6.45) is 3.54. The predicted octanol–water partition coefficient (Wildman–Crippen LogP) is 1.33. The Morgan fingerprint density at radius 2 is 2.25 bits per heavy atom. The van der Waals surface area contributed by atoms with Crippen LogP contribution in [0, 0.1) is 0 Å². The van der Waals surface area contributed by atoms with Crippen LogP contribution in [0.2, 0.25) is 0 Å². The molecule has 0 saturated carbocycles. The van der Waals surface area contributed by atoms with Crippen LogP contribution in [0.3, 0.4) is 0 Å². The van der Waals surface area contributed by atoms with Crippen molar-refractivity contribution in [3.8, 4) is 0 Å². The van der Waals surface area contributed by atoms with Gasteiger partial charge in [0.2, 0.25) is 0 Å². The number of hydrogen-bond acceptors (Lipinski definition) is 4. The third-order valence-corrected chi connectivity index (χ3v) is 4.23. The van der Waals surface area contributed by atoms with E-state index in [-0.39, 0.29) is 11.5 Å². The van der Waals surface area contributed by atoms with E-state index in [1.54, 1.807) is 31.5 Å². The van der Waals surface area contributed by atoms with Gasteiger partial charge in [-0.3, -0.25) is 4.98 Å². The molecule has 4 nitrogen and oxygen atoms in total. The summed E-state index contributed by atoms with van der Waals surface area (Å²) in [4.78, 5) is 3.90. The molecule has 0 fully saturated rings. The van der Waals surface area contributed by atoms with Crippen LogP contribution in [0.4, 0.5) is 0 Å². The maximum Gasteiger partial charge on any atom is 0.150 e. The Morgan fingerprint density at radius 1 is 1.50 bits per heavy atom. The van der Waals surface area contributed by atoms with E-state index in [1.807, 2.05) is 0 Å². The summed E-state index contributed by atoms with van der Waals surface area (Å²) in [5.41, 5.74) is 0.733. The Balaban J connectivity index is 2.40. The van der Waals surface area contributed by atoms with Crippen molar-refractivity contribution < 1.29 is 13.5 Å². The molecule has 0 bridgehead atoms. The third-order valence-electron chi connectivity index (χ3n) is 2.44. The molecule has 0 amide bonds. The number of aromatic nitrogens is 1. The highest BCUT2D eigenvalue weighted by atomic mass is 32.2. The first kappa shape index (κ1) is 13.1. The van der Waals surface area contributed by atoms with Crippen LogP contribution in [0.1, 0.15) is 31.4 Å². The lowest BCUT2D eigenvalue weighted by molar-refractivity contribution is 0.166. The SMILES string of the molecule is CCS(=O)(=O)CCCC(O)c1cccnc1. The van der Waals surface area contributed by atoms with Gasteiger partial charge in [0.05, 0.1) is 11.9 Å². The van der Waals surface area contributed by atoms with Gasteiger partial charge < -0.3 is 5.11 Å². The molecule has 5 heteroatoms. The summed E-state index contributed by atoms with van der Waals surface area (Å²) in [5.74, 6) is 0.302. The number of aliphatic hydroxyl groups is 1. The Kier molecular flexibility index (Phi) is 4.89. The maximum atomic E-state index is 11.2. The Labute approximate surface area is 96.3 Å². The summed E-state index contributed by atoms with van der Waals surface area (Å²) in [6.45, 7) is 1.63. The molecule has 1 heterocycles. The van der Waals surface area contributed by atoms with Crippen molar-refractivity contribution >= 4 is 9.84 Å². The molecule has 16 heavy (non-hydrogen) atoms. The second-order valence-electron chi connectivity index (χ2n) is 3.68. The lowest BCUT2D eigenvalue weighted by Crippen LogP contribution is -2.10. The van der Waals surface area contributed by atoms with Gasteiger partial charge in [0.25, 0.3) is 0 Å². The minimum atomic E-state index is -2.92. The lowest BCUT2D eigenvalue weighted by Gasteiger charge is -2.09. The Hall–Kier alpha value is -0.940. The molecule has 1 atom stereocenters. The highest BCUT2D eigenvalue weighted by Crippen LogP contribution is 2.17. The third kappa shape index (κ3) is 4.28. The largest absolute Gasteiger partial charge is 0.388 e. The van der Waals surface area contributed by atoms with E-state index in [0.29, 0.717) is 12.8 Å². The molecule has 1 unspecified atom stereocenters. The van der Waals surface area contributed by atoms with E-state index >= 15 is 0 Å². The van der Waals surface area contributed by atoms with Gasteiger partial charge >= 0.3 is 0 Å². The Morgan fingerprint density at radius 3 is 2.81 bits per heavy atom. The molecule has 0 radical (unpaired) electrons. The maximum absolute atomic E-state index is 11.2. The fraction of sp³-hybridized carbons (Fsp3) is 0.545. The molecule has 90 valence electrons. The summed E-state index contributed by atoms with van der Waals surface area (Å²) in [5, 5.41) is 9.76. The molecule has 1 aromatic heterocycles. The van der Waals surface area contributed by atoms with E-state index in [4.69, 9.17) is 0 Å². The summed E-state index contributed by atoms with van der Waals surface area (Å²) in [7, 11) is -2.92. The van der Waals surface area contributed by atoms with E-state index in [9.17, 15) is 13.5 Å². The number of sulfone groups is 1. The first-order valence-corrected chi connectivity index (χ1v) is 7.15. The minimum absolute atomic E-state index is 0.140. The van der Waals surface area contributed by atoms with Crippen LogP contribution in [-0.2, 0) is 9.84 Å². The first-order chi connectivity index (χ1) is 7.55. The standard InChI is InChI=1S/C11H17NO3S/c1-2-16(14,15)8-4-6-11(13)10-5-3-7-12-9-10/h3,5,7,9,11,13H,2,4,6,8H2,1H3. The van der Waals surface area contributed by atoms with Gasteiger partial charge in [-0.05, 0) is 24.5 Å². The van der Waals surface area contributed by atoms with Crippen molar-refractivity contribution in [1.82, 2.24) is 4.98 Å². The molecular weight excluding hydrogens is 226 g/mol. The molecule has 1 rings (SSSR count). The molecule has 0 aliphatic carbocycles. The molecule has 0 spiro atoms. The zero-order valence-electron chi connectivity index (χ0n) is 9.33. The van der Waals surface area contributed by atoms with Crippen LogP contribution in [-0.4, -0.2) is 30.0 Å². The number of rotatable bonds is 6. The minimum Gasteiger partial charge on any atom is -0.388 e. The van der Waals surface area contributed by atoms with Gasteiger partial charge in [-0.15, -0.1) is 0 Å². The fourth-order valence-electron chi connectivity index (χ4n) is 1.38. The van der Waals surface area contributed by atoms with Gasteiger partial charge in [0.1, 0.15) is 9.84 Å². The number of nitrogens with zero attached hydrogens (tertiary/aromatic N) is 1. The molecular formula is C11H17NO3S. The van der Waals surface area contributed by atoms with Crippen LogP contribution in [0.25, 0.3) is 0 Å². The molecule has 1 N–H and O–H groups in total. The lowest BCUT2D eigenvalue weighted by atomic mass is 10.1. The zero-order chi connectivity index (χ0) is 12.0. The van der Waals surface area contributed by atoms with E-state index in [0.717, 1.165) is 5.56 Å². The van der Waals surface area contributed by atoms with Crippen LogP contribution >= 0.6 is 0 Å². The van der Waals surface area contributed by atoms with Gasteiger partial charge in [-0.25, -0.2) is 8.42 Å². The Bertz CT molecular complexity index is 402. The van der Waals surface area contributed by atoms with Gasteiger partial charge in [0.15, 0.2) is 0 Å².